The number of pyridine rings is 1. The maximum Gasteiger partial charge on any atom is 0.141 e. The van der Waals surface area contributed by atoms with Crippen LogP contribution in [0.5, 0.6) is 0 Å². The van der Waals surface area contributed by atoms with E-state index >= 15 is 0 Å². The van der Waals surface area contributed by atoms with Crippen LogP contribution in [-0.4, -0.2) is 4.98 Å². The molecular weight excluding hydrogens is 129 g/mol. The molecule has 0 aliphatic heterocycles. The van der Waals surface area contributed by atoms with Crippen LogP contribution in [-0.2, 0) is 6.42 Å². The van der Waals surface area contributed by atoms with Gasteiger partial charge in [-0.05, 0) is 24.1 Å². The van der Waals surface area contributed by atoms with E-state index in [1.807, 2.05) is 12.2 Å². The Morgan fingerprint density at radius 2 is 2.40 bits per heavy atom. The summed E-state index contributed by atoms with van der Waals surface area (Å²) in [6, 6.07) is 1.53. The van der Waals surface area contributed by atoms with Gasteiger partial charge in [0.05, 0.1) is 11.9 Å². The third-order valence-corrected chi connectivity index (χ3v) is 1.58. The monoisotopic (exact) mass is 135 g/mol. The first-order chi connectivity index (χ1) is 4.86. The summed E-state index contributed by atoms with van der Waals surface area (Å²) in [5.74, 6) is -0.248. The van der Waals surface area contributed by atoms with Crippen LogP contribution in [0.4, 0.5) is 4.39 Å². The molecule has 1 aromatic heterocycles. The van der Waals surface area contributed by atoms with Crippen molar-refractivity contribution in [1.29, 1.82) is 0 Å². The number of allylic oxidation sites excluding steroid dienone is 1. The van der Waals surface area contributed by atoms with E-state index < -0.39 is 0 Å². The van der Waals surface area contributed by atoms with Crippen LogP contribution in [0, 0.1) is 5.82 Å². The molecule has 2 heteroatoms. The smallest absolute Gasteiger partial charge is 0.141 e. The second-order valence-electron chi connectivity index (χ2n) is 2.30. The van der Waals surface area contributed by atoms with Crippen molar-refractivity contribution in [1.82, 2.24) is 4.98 Å². The van der Waals surface area contributed by atoms with Gasteiger partial charge in [0.2, 0.25) is 0 Å². The molecule has 1 heterocycles. The van der Waals surface area contributed by atoms with Crippen LogP contribution >= 0.6 is 0 Å². The van der Waals surface area contributed by atoms with E-state index in [0.717, 1.165) is 17.7 Å². The average Bonchev–Trinajstić information content (AvgIpc) is 2.33. The lowest BCUT2D eigenvalue weighted by Crippen LogP contribution is -1.87. The van der Waals surface area contributed by atoms with E-state index in [0.29, 0.717) is 0 Å². The van der Waals surface area contributed by atoms with Crippen molar-refractivity contribution >= 4 is 6.08 Å². The molecule has 10 heavy (non-hydrogen) atoms. The summed E-state index contributed by atoms with van der Waals surface area (Å²) < 4.78 is 12.5. The van der Waals surface area contributed by atoms with Gasteiger partial charge in [-0.1, -0.05) is 6.08 Å². The highest BCUT2D eigenvalue weighted by atomic mass is 19.1. The highest BCUT2D eigenvalue weighted by molar-refractivity contribution is 5.55. The van der Waals surface area contributed by atoms with E-state index in [2.05, 4.69) is 4.98 Å². The Balaban J connectivity index is 2.59. The molecule has 0 bridgehead atoms. The highest BCUT2D eigenvalue weighted by Gasteiger charge is 2.05. The normalized spacial score (nSPS) is 13.7. The topological polar surface area (TPSA) is 12.9 Å². The van der Waals surface area contributed by atoms with Gasteiger partial charge in [0.25, 0.3) is 0 Å². The van der Waals surface area contributed by atoms with E-state index in [1.165, 1.54) is 12.3 Å². The first kappa shape index (κ1) is 5.59. The van der Waals surface area contributed by atoms with Crippen LogP contribution in [0.3, 0.4) is 0 Å². The van der Waals surface area contributed by atoms with E-state index in [4.69, 9.17) is 0 Å². The minimum atomic E-state index is -0.248. The lowest BCUT2D eigenvalue weighted by Gasteiger charge is -1.94. The first-order valence-corrected chi connectivity index (χ1v) is 3.17. The Morgan fingerprint density at radius 3 is 3.30 bits per heavy atom. The van der Waals surface area contributed by atoms with Gasteiger partial charge in [-0.25, -0.2) is 4.39 Å². The molecule has 0 aromatic carbocycles. The second-order valence-corrected chi connectivity index (χ2v) is 2.30. The third kappa shape index (κ3) is 0.727. The molecule has 1 nitrogen and oxygen atoms in total. The van der Waals surface area contributed by atoms with Gasteiger partial charge in [0.15, 0.2) is 0 Å². The maximum absolute atomic E-state index is 12.5. The zero-order valence-electron chi connectivity index (χ0n) is 5.34. The van der Waals surface area contributed by atoms with Crippen LogP contribution in [0.25, 0.3) is 6.08 Å². The second kappa shape index (κ2) is 1.90. The van der Waals surface area contributed by atoms with Gasteiger partial charge in [-0.2, -0.15) is 0 Å². The van der Waals surface area contributed by atoms with Gasteiger partial charge < -0.3 is 0 Å². The summed E-state index contributed by atoms with van der Waals surface area (Å²) in [5, 5.41) is 0. The fourth-order valence-corrected chi connectivity index (χ4v) is 1.10. The number of hydrogen-bond acceptors (Lipinski definition) is 1. The average molecular weight is 135 g/mol. The van der Waals surface area contributed by atoms with Crippen LogP contribution in [0.2, 0.25) is 0 Å². The summed E-state index contributed by atoms with van der Waals surface area (Å²) in [7, 11) is 0. The summed E-state index contributed by atoms with van der Waals surface area (Å²) in [6.07, 6.45) is 5.96. The summed E-state index contributed by atoms with van der Waals surface area (Å²) in [5.41, 5.74) is 1.89. The number of halogens is 1. The molecule has 0 saturated carbocycles. The minimum absolute atomic E-state index is 0.248. The van der Waals surface area contributed by atoms with Crippen molar-refractivity contribution in [2.45, 2.75) is 6.42 Å². The van der Waals surface area contributed by atoms with Gasteiger partial charge in [-0.15, -0.1) is 0 Å². The van der Waals surface area contributed by atoms with Crippen molar-refractivity contribution in [3.63, 3.8) is 0 Å². The lowest BCUT2D eigenvalue weighted by atomic mass is 10.2. The summed E-state index contributed by atoms with van der Waals surface area (Å²) in [6.45, 7) is 0. The van der Waals surface area contributed by atoms with Crippen molar-refractivity contribution in [2.24, 2.45) is 0 Å². The number of nitrogens with zero attached hydrogens (tertiary/aromatic N) is 1. The third-order valence-electron chi connectivity index (χ3n) is 1.58. The zero-order chi connectivity index (χ0) is 6.97. The van der Waals surface area contributed by atoms with Gasteiger partial charge in [0, 0.05) is 0 Å². The van der Waals surface area contributed by atoms with Gasteiger partial charge in [0.1, 0.15) is 5.82 Å². The molecule has 0 atom stereocenters. The molecule has 0 amide bonds. The predicted octanol–water partition coefficient (Wildman–Crippen LogP) is 1.79. The quantitative estimate of drug-likeness (QED) is 0.528. The number of rotatable bonds is 0. The van der Waals surface area contributed by atoms with E-state index in [1.54, 1.807) is 0 Å². The maximum atomic E-state index is 12.5. The first-order valence-electron chi connectivity index (χ1n) is 3.17. The molecule has 1 aromatic rings. The number of fused-ring (bicyclic) bond motifs is 1. The van der Waals surface area contributed by atoms with Crippen molar-refractivity contribution in [2.75, 3.05) is 0 Å². The SMILES string of the molecule is Fc1cnc2c(c1)CC=C2. The Hall–Kier alpha value is -1.18. The van der Waals surface area contributed by atoms with Crippen LogP contribution < -0.4 is 0 Å². The Bertz CT molecular complexity index is 291. The molecule has 1 aliphatic carbocycles. The predicted molar refractivity (Wildman–Crippen MR) is 36.9 cm³/mol. The summed E-state index contributed by atoms with van der Waals surface area (Å²) in [4.78, 5) is 3.90. The van der Waals surface area contributed by atoms with Crippen LogP contribution in [0.15, 0.2) is 18.3 Å². The molecule has 0 unspecified atom stereocenters. The van der Waals surface area contributed by atoms with Crippen LogP contribution in [0.1, 0.15) is 11.3 Å². The Kier molecular flexibility index (Phi) is 1.07. The largest absolute Gasteiger partial charge is 0.254 e. The zero-order valence-corrected chi connectivity index (χ0v) is 5.34. The van der Waals surface area contributed by atoms with Crippen molar-refractivity contribution in [3.8, 4) is 0 Å². The fraction of sp³-hybridized carbons (Fsp3) is 0.125. The molecule has 2 rings (SSSR count). The lowest BCUT2D eigenvalue weighted by molar-refractivity contribution is 0.619. The molecular formula is C8H6FN. The van der Waals surface area contributed by atoms with Crippen molar-refractivity contribution in [3.05, 3.63) is 35.4 Å². The molecule has 0 radical (unpaired) electrons. The van der Waals surface area contributed by atoms with E-state index in [9.17, 15) is 4.39 Å². The summed E-state index contributed by atoms with van der Waals surface area (Å²) >= 11 is 0. The van der Waals surface area contributed by atoms with Crippen molar-refractivity contribution < 1.29 is 4.39 Å². The number of hydrogen-bond donors (Lipinski definition) is 0. The Labute approximate surface area is 58.2 Å². The molecule has 50 valence electrons. The molecule has 0 fully saturated rings. The highest BCUT2D eigenvalue weighted by Crippen LogP contribution is 2.16. The molecule has 0 spiro atoms. The van der Waals surface area contributed by atoms with Gasteiger partial charge >= 0.3 is 0 Å². The number of aromatic nitrogens is 1. The van der Waals surface area contributed by atoms with Gasteiger partial charge in [-0.3, -0.25) is 4.98 Å². The van der Waals surface area contributed by atoms with E-state index in [-0.39, 0.29) is 5.82 Å². The molecule has 0 saturated heterocycles. The molecule has 0 N–H and O–H groups in total. The fourth-order valence-electron chi connectivity index (χ4n) is 1.10. The standard InChI is InChI=1S/C8H6FN/c9-7-4-6-2-1-3-8(6)10-5-7/h1,3-5H,2H2. The minimum Gasteiger partial charge on any atom is -0.254 e. The Morgan fingerprint density at radius 1 is 1.50 bits per heavy atom. The molecule has 1 aliphatic rings.